The zero-order valence-electron chi connectivity index (χ0n) is 36.4. The fourth-order valence-corrected chi connectivity index (χ4v) is 10.2. The lowest BCUT2D eigenvalue weighted by Gasteiger charge is -2.27. The second kappa shape index (κ2) is 15.6. The van der Waals surface area contributed by atoms with E-state index < -0.39 is 0 Å². The molecule has 12 rings (SSSR count). The summed E-state index contributed by atoms with van der Waals surface area (Å²) in [6, 6.07) is 85.7. The Kier molecular flexibility index (Phi) is 9.21. The zero-order valence-corrected chi connectivity index (χ0v) is 36.4. The van der Waals surface area contributed by atoms with E-state index in [9.17, 15) is 0 Å². The van der Waals surface area contributed by atoms with Crippen LogP contribution in [0.5, 0.6) is 0 Å². The average molecular weight is 832 g/mol. The van der Waals surface area contributed by atoms with Crippen LogP contribution in [0, 0.1) is 0 Å². The molecule has 0 bridgehead atoms. The maximum Gasteiger partial charge on any atom is 0.159 e. The molecule has 1 heterocycles. The summed E-state index contributed by atoms with van der Waals surface area (Å²) in [4.78, 5) is 2.38. The fourth-order valence-electron chi connectivity index (χ4n) is 10.2. The lowest BCUT2D eigenvalue weighted by Crippen LogP contribution is -2.14. The Morgan fingerprint density at radius 2 is 0.769 bits per heavy atom. The third kappa shape index (κ3) is 6.57. The molecule has 1 aromatic heterocycles. The van der Waals surface area contributed by atoms with Crippen molar-refractivity contribution in [2.75, 3.05) is 4.90 Å². The predicted molar refractivity (Wildman–Crippen MR) is 273 cm³/mol. The number of rotatable bonds is 8. The summed E-state index contributed by atoms with van der Waals surface area (Å²) in [5.74, 6) is 0. The molecule has 0 amide bonds. The van der Waals surface area contributed by atoms with E-state index in [4.69, 9.17) is 4.42 Å². The Balaban J connectivity index is 1.05. The van der Waals surface area contributed by atoms with Gasteiger partial charge in [-0.15, -0.1) is 0 Å². The Morgan fingerprint density at radius 1 is 0.323 bits per heavy atom. The van der Waals surface area contributed by atoms with Crippen LogP contribution >= 0.6 is 0 Å². The van der Waals surface area contributed by atoms with Gasteiger partial charge in [0.2, 0.25) is 0 Å². The molecule has 308 valence electrons. The van der Waals surface area contributed by atoms with E-state index in [1.54, 1.807) is 0 Å². The number of para-hydroxylation sites is 1. The summed E-state index contributed by atoms with van der Waals surface area (Å²) in [5, 5.41) is 2.18. The molecule has 1 aliphatic rings. The van der Waals surface area contributed by atoms with E-state index in [-0.39, 0.29) is 5.41 Å². The second-order valence-corrected chi connectivity index (χ2v) is 17.7. The number of hydrogen-bond acceptors (Lipinski definition) is 2. The van der Waals surface area contributed by atoms with Gasteiger partial charge in [-0.3, -0.25) is 0 Å². The number of nitrogens with zero attached hydrogens (tertiary/aromatic N) is 1. The highest BCUT2D eigenvalue weighted by Crippen LogP contribution is 2.51. The first-order valence-corrected chi connectivity index (χ1v) is 22.5. The normalized spacial score (nSPS) is 12.6. The van der Waals surface area contributed by atoms with Gasteiger partial charge < -0.3 is 9.32 Å². The Hall–Kier alpha value is -8.20. The molecule has 0 saturated carbocycles. The Bertz CT molecular complexity index is 3420. The van der Waals surface area contributed by atoms with Crippen LogP contribution < -0.4 is 4.90 Å². The number of benzene rings is 10. The van der Waals surface area contributed by atoms with Crippen LogP contribution in [0.25, 0.3) is 88.7 Å². The predicted octanol–water partition coefficient (Wildman–Crippen LogP) is 17.7. The number of furan rings is 1. The molecule has 0 fully saturated rings. The van der Waals surface area contributed by atoms with E-state index >= 15 is 0 Å². The maximum absolute atomic E-state index is 6.92. The van der Waals surface area contributed by atoms with Gasteiger partial charge in [0.05, 0.1) is 5.69 Å². The van der Waals surface area contributed by atoms with Gasteiger partial charge in [0.1, 0.15) is 5.58 Å². The molecule has 0 spiro atoms. The van der Waals surface area contributed by atoms with E-state index in [0.717, 1.165) is 55.7 Å². The monoisotopic (exact) mass is 831 g/mol. The topological polar surface area (TPSA) is 16.4 Å². The van der Waals surface area contributed by atoms with Crippen LogP contribution in [-0.2, 0) is 5.41 Å². The first-order chi connectivity index (χ1) is 32.0. The van der Waals surface area contributed by atoms with Crippen LogP contribution in [0.1, 0.15) is 25.0 Å². The molecule has 2 nitrogen and oxygen atoms in total. The summed E-state index contributed by atoms with van der Waals surface area (Å²) >= 11 is 0. The summed E-state index contributed by atoms with van der Waals surface area (Å²) in [7, 11) is 0. The number of anilines is 3. The minimum atomic E-state index is -0.120. The summed E-state index contributed by atoms with van der Waals surface area (Å²) in [5.41, 5.74) is 21.9. The molecule has 10 aromatic carbocycles. The van der Waals surface area contributed by atoms with Gasteiger partial charge in [0, 0.05) is 27.6 Å². The lowest BCUT2D eigenvalue weighted by atomic mass is 9.81. The van der Waals surface area contributed by atoms with Gasteiger partial charge >= 0.3 is 0 Å². The van der Waals surface area contributed by atoms with Gasteiger partial charge in [0.15, 0.2) is 5.58 Å². The standard InChI is InChI=1S/C63H45NO/c1-63(2)58-27-15-13-25-54(58)55-38-33-46(40-59(55)63)47-39-57-56-26-14-16-28-61(56)65-62(57)60(41-47)64(48-34-29-44(30-35-48)52-23-11-9-21-50(52)42-17-5-3-6-18-42)49-36-31-45(32-37-49)53-24-12-10-22-51(53)43-19-7-4-8-20-43/h3-41H,1-2H3. The first-order valence-electron chi connectivity index (χ1n) is 22.5. The van der Waals surface area contributed by atoms with Crippen LogP contribution in [-0.4, -0.2) is 0 Å². The summed E-state index contributed by atoms with van der Waals surface area (Å²) < 4.78 is 6.92. The van der Waals surface area contributed by atoms with Crippen molar-refractivity contribution in [3.63, 3.8) is 0 Å². The van der Waals surface area contributed by atoms with Gasteiger partial charge in [0.25, 0.3) is 0 Å². The summed E-state index contributed by atoms with van der Waals surface area (Å²) in [6.07, 6.45) is 0. The minimum absolute atomic E-state index is 0.120. The van der Waals surface area contributed by atoms with Crippen molar-refractivity contribution in [3.05, 3.63) is 248 Å². The zero-order chi connectivity index (χ0) is 43.5. The van der Waals surface area contributed by atoms with Crippen LogP contribution in [0.2, 0.25) is 0 Å². The van der Waals surface area contributed by atoms with E-state index in [1.165, 1.54) is 61.2 Å². The maximum atomic E-state index is 6.92. The van der Waals surface area contributed by atoms with Gasteiger partial charge in [-0.05, 0) is 126 Å². The molecule has 11 aromatic rings. The Labute approximate surface area is 380 Å². The van der Waals surface area contributed by atoms with Crippen LogP contribution in [0.3, 0.4) is 0 Å². The van der Waals surface area contributed by atoms with Crippen molar-refractivity contribution in [1.29, 1.82) is 0 Å². The molecule has 65 heavy (non-hydrogen) atoms. The highest BCUT2D eigenvalue weighted by Gasteiger charge is 2.35. The quantitative estimate of drug-likeness (QED) is 0.152. The third-order valence-corrected chi connectivity index (χ3v) is 13.5. The molecule has 0 N–H and O–H groups in total. The molecule has 0 saturated heterocycles. The Morgan fingerprint density at radius 3 is 1.34 bits per heavy atom. The summed E-state index contributed by atoms with van der Waals surface area (Å²) in [6.45, 7) is 4.70. The molecular formula is C63H45NO. The van der Waals surface area contributed by atoms with Crippen molar-refractivity contribution in [2.45, 2.75) is 19.3 Å². The number of hydrogen-bond donors (Lipinski definition) is 0. The van der Waals surface area contributed by atoms with Crippen molar-refractivity contribution in [1.82, 2.24) is 0 Å². The molecule has 0 atom stereocenters. The lowest BCUT2D eigenvalue weighted by molar-refractivity contribution is 0.660. The van der Waals surface area contributed by atoms with Gasteiger partial charge in [-0.1, -0.05) is 202 Å². The van der Waals surface area contributed by atoms with Crippen molar-refractivity contribution >= 4 is 39.0 Å². The molecule has 0 aliphatic heterocycles. The fraction of sp³-hybridized carbons (Fsp3) is 0.0476. The van der Waals surface area contributed by atoms with Crippen molar-refractivity contribution in [3.8, 4) is 66.8 Å². The van der Waals surface area contributed by atoms with E-state index in [2.05, 4.69) is 255 Å². The molecule has 1 aliphatic carbocycles. The SMILES string of the molecule is CC1(C)c2ccccc2-c2ccc(-c3cc(N(c4ccc(-c5ccccc5-c5ccccc5)cc4)c4ccc(-c5ccccc5-c5ccccc5)cc4)c4oc5ccccc5c4c3)cc21. The smallest absolute Gasteiger partial charge is 0.159 e. The molecule has 2 heteroatoms. The number of fused-ring (bicyclic) bond motifs is 6. The van der Waals surface area contributed by atoms with Gasteiger partial charge in [-0.25, -0.2) is 0 Å². The van der Waals surface area contributed by atoms with E-state index in [1.807, 2.05) is 0 Å². The van der Waals surface area contributed by atoms with Crippen LogP contribution in [0.4, 0.5) is 17.1 Å². The molecular weight excluding hydrogens is 787 g/mol. The molecule has 0 unspecified atom stereocenters. The highest BCUT2D eigenvalue weighted by atomic mass is 16.3. The second-order valence-electron chi connectivity index (χ2n) is 17.7. The van der Waals surface area contributed by atoms with E-state index in [0.29, 0.717) is 0 Å². The van der Waals surface area contributed by atoms with Crippen molar-refractivity contribution in [2.24, 2.45) is 0 Å². The third-order valence-electron chi connectivity index (χ3n) is 13.5. The minimum Gasteiger partial charge on any atom is -0.454 e. The van der Waals surface area contributed by atoms with Crippen molar-refractivity contribution < 1.29 is 4.42 Å². The average Bonchev–Trinajstić information content (AvgIpc) is 3.86. The first kappa shape index (κ1) is 38.5. The largest absolute Gasteiger partial charge is 0.454 e. The molecule has 0 radical (unpaired) electrons. The van der Waals surface area contributed by atoms with Crippen LogP contribution in [0.15, 0.2) is 241 Å². The highest BCUT2D eigenvalue weighted by molar-refractivity contribution is 6.12. The van der Waals surface area contributed by atoms with Gasteiger partial charge in [-0.2, -0.15) is 0 Å².